The third-order valence-electron chi connectivity index (χ3n) is 5.89. The molecule has 4 rings (SSSR count). The lowest BCUT2D eigenvalue weighted by atomic mass is 9.96. The average Bonchev–Trinajstić information content (AvgIpc) is 2.84. The van der Waals surface area contributed by atoms with E-state index in [0.717, 1.165) is 16.3 Å². The number of rotatable bonds is 7. The number of nitrogens with one attached hydrogen (secondary N) is 1. The Labute approximate surface area is 213 Å². The van der Waals surface area contributed by atoms with Crippen molar-refractivity contribution in [1.82, 2.24) is 10.2 Å². The SMILES string of the molecule is CCOC(=O)C1CCN(c2nnc(NCc3ccc(OC)c(Cl)c3)c3cc(Cl)c(Cl)cc23)CC1. The molecule has 180 valence electrons. The number of esters is 1. The first-order valence-electron chi connectivity index (χ1n) is 11.0. The number of aromatic nitrogens is 2. The fourth-order valence-electron chi connectivity index (χ4n) is 4.09. The van der Waals surface area contributed by atoms with Crippen molar-refractivity contribution >= 4 is 63.2 Å². The second kappa shape index (κ2) is 10.8. The van der Waals surface area contributed by atoms with E-state index in [4.69, 9.17) is 44.3 Å². The second-order valence-electron chi connectivity index (χ2n) is 8.02. The first-order chi connectivity index (χ1) is 16.4. The van der Waals surface area contributed by atoms with Crippen molar-refractivity contribution in [2.45, 2.75) is 26.3 Å². The van der Waals surface area contributed by atoms with Gasteiger partial charge in [0.2, 0.25) is 0 Å². The van der Waals surface area contributed by atoms with Crippen LogP contribution in [-0.2, 0) is 16.1 Å². The number of piperidine rings is 1. The van der Waals surface area contributed by atoms with Gasteiger partial charge in [0.1, 0.15) is 5.75 Å². The zero-order chi connectivity index (χ0) is 24.2. The van der Waals surface area contributed by atoms with Crippen molar-refractivity contribution in [3.8, 4) is 5.75 Å². The molecule has 2 aromatic carbocycles. The van der Waals surface area contributed by atoms with E-state index in [1.807, 2.05) is 31.2 Å². The summed E-state index contributed by atoms with van der Waals surface area (Å²) in [6.07, 6.45) is 1.39. The summed E-state index contributed by atoms with van der Waals surface area (Å²) in [5.74, 6) is 1.70. The van der Waals surface area contributed by atoms with Crippen LogP contribution in [0.1, 0.15) is 25.3 Å². The Morgan fingerprint density at radius 2 is 1.76 bits per heavy atom. The average molecular weight is 524 g/mol. The van der Waals surface area contributed by atoms with E-state index in [1.165, 1.54) is 0 Å². The van der Waals surface area contributed by atoms with Gasteiger partial charge in [0.15, 0.2) is 11.6 Å². The lowest BCUT2D eigenvalue weighted by Gasteiger charge is -2.32. The summed E-state index contributed by atoms with van der Waals surface area (Å²) in [5.41, 5.74) is 0.964. The van der Waals surface area contributed by atoms with Crippen LogP contribution in [0.2, 0.25) is 15.1 Å². The molecule has 1 fully saturated rings. The predicted molar refractivity (Wildman–Crippen MR) is 136 cm³/mol. The first kappa shape index (κ1) is 24.6. The molecule has 3 aromatic rings. The summed E-state index contributed by atoms with van der Waals surface area (Å²) in [6, 6.07) is 9.21. The van der Waals surface area contributed by atoms with Crippen molar-refractivity contribution in [3.05, 3.63) is 51.0 Å². The molecule has 1 aliphatic heterocycles. The van der Waals surface area contributed by atoms with Gasteiger partial charge in [-0.3, -0.25) is 4.79 Å². The van der Waals surface area contributed by atoms with Crippen molar-refractivity contribution in [2.75, 3.05) is 37.0 Å². The number of hydrogen-bond donors (Lipinski definition) is 1. The highest BCUT2D eigenvalue weighted by molar-refractivity contribution is 6.43. The van der Waals surface area contributed by atoms with Crippen LogP contribution in [0.3, 0.4) is 0 Å². The van der Waals surface area contributed by atoms with Gasteiger partial charge in [0.05, 0.1) is 34.7 Å². The molecule has 0 unspecified atom stereocenters. The topological polar surface area (TPSA) is 76.6 Å². The largest absolute Gasteiger partial charge is 0.495 e. The number of fused-ring (bicyclic) bond motifs is 1. The van der Waals surface area contributed by atoms with Gasteiger partial charge in [-0.25, -0.2) is 0 Å². The third kappa shape index (κ3) is 5.27. The van der Waals surface area contributed by atoms with Gasteiger partial charge in [-0.1, -0.05) is 40.9 Å². The molecular weight excluding hydrogens is 499 g/mol. The van der Waals surface area contributed by atoms with Crippen LogP contribution < -0.4 is 15.0 Å². The van der Waals surface area contributed by atoms with E-state index >= 15 is 0 Å². The van der Waals surface area contributed by atoms with E-state index in [1.54, 1.807) is 13.2 Å². The molecule has 0 saturated carbocycles. The number of halogens is 3. The van der Waals surface area contributed by atoms with Crippen molar-refractivity contribution in [3.63, 3.8) is 0 Å². The van der Waals surface area contributed by atoms with Crippen LogP contribution in [0.4, 0.5) is 11.6 Å². The number of methoxy groups -OCH3 is 1. The second-order valence-corrected chi connectivity index (χ2v) is 9.24. The maximum Gasteiger partial charge on any atom is 0.309 e. The van der Waals surface area contributed by atoms with Gasteiger partial charge in [-0.2, -0.15) is 0 Å². The highest BCUT2D eigenvalue weighted by atomic mass is 35.5. The smallest absolute Gasteiger partial charge is 0.309 e. The zero-order valence-electron chi connectivity index (χ0n) is 18.9. The molecule has 1 saturated heterocycles. The molecule has 0 spiro atoms. The number of anilines is 2. The van der Waals surface area contributed by atoms with Gasteiger partial charge in [0, 0.05) is 30.4 Å². The van der Waals surface area contributed by atoms with Crippen molar-refractivity contribution in [2.24, 2.45) is 5.92 Å². The van der Waals surface area contributed by atoms with Gasteiger partial charge >= 0.3 is 5.97 Å². The number of benzene rings is 2. The number of nitrogens with zero attached hydrogens (tertiary/aromatic N) is 3. The Hall–Kier alpha value is -2.48. The zero-order valence-corrected chi connectivity index (χ0v) is 21.2. The number of carbonyl (C=O) groups excluding carboxylic acids is 1. The molecule has 0 aliphatic carbocycles. The van der Waals surface area contributed by atoms with Gasteiger partial charge < -0.3 is 19.7 Å². The van der Waals surface area contributed by atoms with E-state index in [2.05, 4.69) is 20.4 Å². The molecule has 1 aliphatic rings. The Balaban J connectivity index is 1.58. The summed E-state index contributed by atoms with van der Waals surface area (Å²) in [6.45, 7) is 4.04. The molecule has 1 aromatic heterocycles. The number of hydrogen-bond acceptors (Lipinski definition) is 7. The Morgan fingerprint density at radius 3 is 2.41 bits per heavy atom. The molecule has 1 N–H and O–H groups in total. The first-order valence-corrected chi connectivity index (χ1v) is 12.2. The highest BCUT2D eigenvalue weighted by Gasteiger charge is 2.28. The quantitative estimate of drug-likeness (QED) is 0.381. The molecular formula is C24H25Cl3N4O3. The van der Waals surface area contributed by atoms with Crippen LogP contribution in [0, 0.1) is 5.92 Å². The Bertz CT molecular complexity index is 1200. The standard InChI is InChI=1S/C24H25Cl3N4O3/c1-3-34-24(32)15-6-8-31(9-7-15)23-17-12-19(26)18(25)11-16(17)22(29-30-23)28-13-14-4-5-21(33-2)20(27)10-14/h4-5,10-12,15H,3,6-9,13H2,1-2H3,(H,28,29). The van der Waals surface area contributed by atoms with E-state index in [9.17, 15) is 4.79 Å². The van der Waals surface area contributed by atoms with Gasteiger partial charge in [0.25, 0.3) is 0 Å². The maximum atomic E-state index is 12.1. The van der Waals surface area contributed by atoms with E-state index in [0.29, 0.717) is 71.5 Å². The third-order valence-corrected chi connectivity index (χ3v) is 6.91. The van der Waals surface area contributed by atoms with Crippen molar-refractivity contribution < 1.29 is 14.3 Å². The summed E-state index contributed by atoms with van der Waals surface area (Å²) >= 11 is 19.0. The van der Waals surface area contributed by atoms with Crippen LogP contribution in [0.5, 0.6) is 5.75 Å². The van der Waals surface area contributed by atoms with Gasteiger partial charge in [-0.05, 0) is 49.6 Å². The minimum Gasteiger partial charge on any atom is -0.495 e. The number of carbonyl (C=O) groups is 1. The van der Waals surface area contributed by atoms with Crippen LogP contribution in [-0.4, -0.2) is 43.0 Å². The molecule has 2 heterocycles. The van der Waals surface area contributed by atoms with E-state index < -0.39 is 0 Å². The monoisotopic (exact) mass is 522 g/mol. The summed E-state index contributed by atoms with van der Waals surface area (Å²) in [5, 5.41) is 15.4. The summed E-state index contributed by atoms with van der Waals surface area (Å²) in [7, 11) is 1.58. The van der Waals surface area contributed by atoms with Crippen LogP contribution >= 0.6 is 34.8 Å². The van der Waals surface area contributed by atoms with E-state index in [-0.39, 0.29) is 11.9 Å². The fraction of sp³-hybridized carbons (Fsp3) is 0.375. The molecule has 10 heteroatoms. The minimum absolute atomic E-state index is 0.0919. The maximum absolute atomic E-state index is 12.1. The number of ether oxygens (including phenoxy) is 2. The van der Waals surface area contributed by atoms with Crippen molar-refractivity contribution in [1.29, 1.82) is 0 Å². The summed E-state index contributed by atoms with van der Waals surface area (Å²) < 4.78 is 10.4. The highest BCUT2D eigenvalue weighted by Crippen LogP contribution is 2.36. The molecule has 7 nitrogen and oxygen atoms in total. The lowest BCUT2D eigenvalue weighted by Crippen LogP contribution is -2.37. The molecule has 34 heavy (non-hydrogen) atoms. The van der Waals surface area contributed by atoms with Gasteiger partial charge in [-0.15, -0.1) is 10.2 Å². The van der Waals surface area contributed by atoms with Crippen LogP contribution in [0.15, 0.2) is 30.3 Å². The Morgan fingerprint density at radius 1 is 1.06 bits per heavy atom. The molecule has 0 bridgehead atoms. The predicted octanol–water partition coefficient (Wildman–Crippen LogP) is 5.99. The Kier molecular flexibility index (Phi) is 7.86. The summed E-state index contributed by atoms with van der Waals surface area (Å²) in [4.78, 5) is 14.2. The minimum atomic E-state index is -0.133. The lowest BCUT2D eigenvalue weighted by molar-refractivity contribution is -0.148. The van der Waals surface area contributed by atoms with Crippen LogP contribution in [0.25, 0.3) is 10.8 Å². The molecule has 0 radical (unpaired) electrons. The fourth-order valence-corrected chi connectivity index (χ4v) is 4.70. The normalized spacial score (nSPS) is 14.3. The molecule has 0 atom stereocenters. The molecule has 0 amide bonds.